The van der Waals surface area contributed by atoms with Crippen molar-refractivity contribution in [3.63, 3.8) is 0 Å². The molecule has 0 aromatic heterocycles. The average Bonchev–Trinajstić information content (AvgIpc) is 2.38. The van der Waals surface area contributed by atoms with Crippen molar-refractivity contribution >= 4 is 17.7 Å². The maximum Gasteiger partial charge on any atom is 0.339 e. The molecular formula is C12H16N2O5. The molecule has 0 atom stereocenters. The molecule has 0 heterocycles. The Bertz CT molecular complexity index is 475. The van der Waals surface area contributed by atoms with Crippen molar-refractivity contribution in [2.45, 2.75) is 0 Å². The first-order valence-electron chi connectivity index (χ1n) is 5.54. The highest BCUT2D eigenvalue weighted by atomic mass is 16.5. The predicted molar refractivity (Wildman–Crippen MR) is 68.7 cm³/mol. The van der Waals surface area contributed by atoms with Crippen LogP contribution in [0, 0.1) is 0 Å². The van der Waals surface area contributed by atoms with E-state index in [2.05, 4.69) is 5.32 Å². The molecule has 0 unspecified atom stereocenters. The highest BCUT2D eigenvalue weighted by molar-refractivity contribution is 5.94. The van der Waals surface area contributed by atoms with E-state index in [0.29, 0.717) is 5.69 Å². The summed E-state index contributed by atoms with van der Waals surface area (Å²) in [5, 5.41) is 20.2. The Morgan fingerprint density at radius 3 is 2.63 bits per heavy atom. The van der Waals surface area contributed by atoms with Gasteiger partial charge in [-0.1, -0.05) is 0 Å². The number of rotatable bonds is 5. The second kappa shape index (κ2) is 6.60. The fraction of sp³-hybridized carbons (Fsp3) is 0.333. The molecule has 104 valence electrons. The molecule has 7 nitrogen and oxygen atoms in total. The van der Waals surface area contributed by atoms with Crippen molar-refractivity contribution in [3.8, 4) is 5.75 Å². The van der Waals surface area contributed by atoms with Crippen molar-refractivity contribution in [1.82, 2.24) is 4.90 Å². The number of carbonyl (C=O) groups excluding carboxylic acids is 1. The molecule has 0 spiro atoms. The first-order valence-corrected chi connectivity index (χ1v) is 5.54. The molecule has 0 saturated carbocycles. The number of nitrogens with zero attached hydrogens (tertiary/aromatic N) is 1. The van der Waals surface area contributed by atoms with Gasteiger partial charge >= 0.3 is 12.0 Å². The Morgan fingerprint density at radius 2 is 2.11 bits per heavy atom. The molecule has 0 radical (unpaired) electrons. The van der Waals surface area contributed by atoms with Gasteiger partial charge in [0.25, 0.3) is 0 Å². The number of amides is 2. The third kappa shape index (κ3) is 3.85. The van der Waals surface area contributed by atoms with Crippen LogP contribution in [0.25, 0.3) is 0 Å². The zero-order valence-electron chi connectivity index (χ0n) is 10.7. The molecule has 1 aromatic rings. The number of benzene rings is 1. The highest BCUT2D eigenvalue weighted by Crippen LogP contribution is 2.23. The average molecular weight is 268 g/mol. The minimum atomic E-state index is -1.10. The molecule has 1 rings (SSSR count). The zero-order chi connectivity index (χ0) is 14.4. The summed E-state index contributed by atoms with van der Waals surface area (Å²) in [7, 11) is 2.89. The Kier molecular flexibility index (Phi) is 5.13. The van der Waals surface area contributed by atoms with Gasteiger partial charge in [0, 0.05) is 25.3 Å². The van der Waals surface area contributed by atoms with Gasteiger partial charge in [-0.2, -0.15) is 0 Å². The van der Waals surface area contributed by atoms with Crippen molar-refractivity contribution in [1.29, 1.82) is 0 Å². The maximum atomic E-state index is 11.7. The number of carbonyl (C=O) groups is 2. The molecule has 2 amide bonds. The van der Waals surface area contributed by atoms with E-state index in [1.165, 1.54) is 37.3 Å². The monoisotopic (exact) mass is 268 g/mol. The first kappa shape index (κ1) is 14.8. The van der Waals surface area contributed by atoms with Gasteiger partial charge in [-0.05, 0) is 12.1 Å². The number of nitrogens with one attached hydrogen (secondary N) is 1. The molecular weight excluding hydrogens is 252 g/mol. The SMILES string of the molecule is COc1cc(NC(=O)N(C)CCO)ccc1C(=O)O. The van der Waals surface area contributed by atoms with E-state index >= 15 is 0 Å². The van der Waals surface area contributed by atoms with Crippen LogP contribution < -0.4 is 10.1 Å². The fourth-order valence-electron chi connectivity index (χ4n) is 1.42. The van der Waals surface area contributed by atoms with Crippen LogP contribution in [0.4, 0.5) is 10.5 Å². The van der Waals surface area contributed by atoms with Crippen LogP contribution >= 0.6 is 0 Å². The van der Waals surface area contributed by atoms with E-state index in [4.69, 9.17) is 14.9 Å². The second-order valence-electron chi connectivity index (χ2n) is 3.80. The summed E-state index contributed by atoms with van der Waals surface area (Å²) in [5.41, 5.74) is 0.431. The van der Waals surface area contributed by atoms with Gasteiger partial charge in [0.15, 0.2) is 0 Å². The molecule has 0 fully saturated rings. The molecule has 0 bridgehead atoms. The number of methoxy groups -OCH3 is 1. The third-order valence-corrected chi connectivity index (χ3v) is 2.47. The number of carboxylic acid groups (broad SMARTS) is 1. The molecule has 1 aromatic carbocycles. The summed E-state index contributed by atoms with van der Waals surface area (Å²) >= 11 is 0. The van der Waals surface area contributed by atoms with E-state index < -0.39 is 12.0 Å². The third-order valence-electron chi connectivity index (χ3n) is 2.47. The number of hydrogen-bond acceptors (Lipinski definition) is 4. The van der Waals surface area contributed by atoms with Crippen LogP contribution in [0.2, 0.25) is 0 Å². The van der Waals surface area contributed by atoms with E-state index in [1.54, 1.807) is 0 Å². The van der Waals surface area contributed by atoms with Crippen molar-refractivity contribution in [2.24, 2.45) is 0 Å². The van der Waals surface area contributed by atoms with Crippen LogP contribution in [0.5, 0.6) is 5.75 Å². The lowest BCUT2D eigenvalue weighted by atomic mass is 10.2. The standard InChI is InChI=1S/C12H16N2O5/c1-14(5-6-15)12(18)13-8-3-4-9(11(16)17)10(7-8)19-2/h3-4,7,15H,5-6H2,1-2H3,(H,13,18)(H,16,17). The lowest BCUT2D eigenvalue weighted by molar-refractivity contribution is 0.0693. The topological polar surface area (TPSA) is 99.1 Å². The minimum Gasteiger partial charge on any atom is -0.496 e. The summed E-state index contributed by atoms with van der Waals surface area (Å²) < 4.78 is 4.95. The van der Waals surface area contributed by atoms with Crippen LogP contribution in [-0.4, -0.2) is 54.4 Å². The van der Waals surface area contributed by atoms with Crippen molar-refractivity contribution in [3.05, 3.63) is 23.8 Å². The normalized spacial score (nSPS) is 9.84. The smallest absolute Gasteiger partial charge is 0.339 e. The Morgan fingerprint density at radius 1 is 1.42 bits per heavy atom. The van der Waals surface area contributed by atoms with Gasteiger partial charge in [0.05, 0.1) is 13.7 Å². The number of aliphatic hydroxyl groups excluding tert-OH is 1. The summed E-state index contributed by atoms with van der Waals surface area (Å²) in [4.78, 5) is 23.9. The van der Waals surface area contributed by atoms with Gasteiger partial charge in [0.2, 0.25) is 0 Å². The Hall–Kier alpha value is -2.28. The van der Waals surface area contributed by atoms with E-state index in [-0.39, 0.29) is 24.5 Å². The second-order valence-corrected chi connectivity index (χ2v) is 3.80. The number of hydrogen-bond donors (Lipinski definition) is 3. The van der Waals surface area contributed by atoms with Gasteiger partial charge in [-0.15, -0.1) is 0 Å². The summed E-state index contributed by atoms with van der Waals surface area (Å²) in [5.74, 6) is -0.942. The van der Waals surface area contributed by atoms with E-state index in [1.807, 2.05) is 0 Å². The molecule has 19 heavy (non-hydrogen) atoms. The molecule has 0 aliphatic carbocycles. The lowest BCUT2D eigenvalue weighted by Gasteiger charge is -2.17. The number of anilines is 1. The number of aromatic carboxylic acids is 1. The van der Waals surface area contributed by atoms with Gasteiger partial charge < -0.3 is 25.2 Å². The van der Waals surface area contributed by atoms with Gasteiger partial charge in [-0.3, -0.25) is 0 Å². The highest BCUT2D eigenvalue weighted by Gasteiger charge is 2.13. The van der Waals surface area contributed by atoms with E-state index in [9.17, 15) is 9.59 Å². The molecule has 0 saturated heterocycles. The number of aliphatic hydroxyl groups is 1. The molecule has 3 N–H and O–H groups in total. The van der Waals surface area contributed by atoms with Crippen LogP contribution in [0.15, 0.2) is 18.2 Å². The maximum absolute atomic E-state index is 11.7. The van der Waals surface area contributed by atoms with E-state index in [0.717, 1.165) is 0 Å². The fourth-order valence-corrected chi connectivity index (χ4v) is 1.42. The van der Waals surface area contributed by atoms with Crippen LogP contribution in [-0.2, 0) is 0 Å². The molecule has 7 heteroatoms. The quantitative estimate of drug-likeness (QED) is 0.735. The Labute approximate surface area is 110 Å². The van der Waals surface area contributed by atoms with Crippen molar-refractivity contribution in [2.75, 3.05) is 32.6 Å². The van der Waals surface area contributed by atoms with Gasteiger partial charge in [-0.25, -0.2) is 9.59 Å². The van der Waals surface area contributed by atoms with Crippen molar-refractivity contribution < 1.29 is 24.5 Å². The summed E-state index contributed by atoms with van der Waals surface area (Å²) in [6.45, 7) is 0.0708. The minimum absolute atomic E-state index is 0.0178. The lowest BCUT2D eigenvalue weighted by Crippen LogP contribution is -2.33. The number of ether oxygens (including phenoxy) is 1. The first-order chi connectivity index (χ1) is 8.99. The van der Waals surface area contributed by atoms with Crippen LogP contribution in [0.3, 0.4) is 0 Å². The van der Waals surface area contributed by atoms with Gasteiger partial charge in [0.1, 0.15) is 11.3 Å². The molecule has 0 aliphatic heterocycles. The molecule has 0 aliphatic rings. The largest absolute Gasteiger partial charge is 0.496 e. The van der Waals surface area contributed by atoms with Crippen LogP contribution in [0.1, 0.15) is 10.4 Å². The predicted octanol–water partition coefficient (Wildman–Crippen LogP) is 0.849. The zero-order valence-corrected chi connectivity index (χ0v) is 10.7. The Balaban J connectivity index is 2.86. The number of likely N-dealkylation sites (N-methyl/N-ethyl adjacent to an activating group) is 1. The number of carboxylic acids is 1. The summed E-state index contributed by atoms with van der Waals surface area (Å²) in [6, 6.07) is 3.84. The number of urea groups is 1. The summed E-state index contributed by atoms with van der Waals surface area (Å²) in [6.07, 6.45) is 0.